The molecule has 6 nitrogen and oxygen atoms in total. The minimum absolute atomic E-state index is 0.0342. The van der Waals surface area contributed by atoms with E-state index in [2.05, 4.69) is 10.00 Å². The number of aryl methyl sites for hydroxylation is 2. The molecule has 3 aliphatic rings. The first-order chi connectivity index (χ1) is 11.1. The van der Waals surface area contributed by atoms with Crippen molar-refractivity contribution >= 4 is 0 Å². The summed E-state index contributed by atoms with van der Waals surface area (Å²) in [6.45, 7) is 4.32. The molecule has 2 aliphatic heterocycles. The fourth-order valence-electron chi connectivity index (χ4n) is 4.04. The average molecular weight is 319 g/mol. The molecule has 1 unspecified atom stereocenters. The van der Waals surface area contributed by atoms with Crippen LogP contribution in [0.2, 0.25) is 0 Å². The molecule has 1 aliphatic carbocycles. The number of hydrogen-bond donors (Lipinski definition) is 1. The van der Waals surface area contributed by atoms with Crippen LogP contribution in [0, 0.1) is 5.92 Å². The van der Waals surface area contributed by atoms with Crippen molar-refractivity contribution in [3.63, 3.8) is 0 Å². The van der Waals surface area contributed by atoms with Gasteiger partial charge >= 0.3 is 0 Å². The third-order valence-corrected chi connectivity index (χ3v) is 5.34. The van der Waals surface area contributed by atoms with Crippen LogP contribution < -0.4 is 5.56 Å². The van der Waals surface area contributed by atoms with E-state index in [9.17, 15) is 9.90 Å². The largest absolute Gasteiger partial charge is 0.386 e. The van der Waals surface area contributed by atoms with Crippen molar-refractivity contribution in [3.05, 3.63) is 27.7 Å². The Morgan fingerprint density at radius 3 is 2.96 bits per heavy atom. The van der Waals surface area contributed by atoms with E-state index in [1.807, 2.05) is 0 Å². The average Bonchev–Trinajstić information content (AvgIpc) is 2.92. The molecule has 0 bridgehead atoms. The lowest BCUT2D eigenvalue weighted by molar-refractivity contribution is -0.0380. The SMILES string of the molecule is O=c1cc2c(nn1CC1CN(CC3(O)CCOC3)C1)CCCC2. The number of ether oxygens (including phenoxy) is 1. The number of β-amino-alcohol motifs (C(OH)–C–C–N with tert-alkyl or cyclic N) is 1. The summed E-state index contributed by atoms with van der Waals surface area (Å²) in [6, 6.07) is 1.79. The van der Waals surface area contributed by atoms with Gasteiger partial charge in [0.1, 0.15) is 5.60 Å². The number of likely N-dealkylation sites (tertiary alicyclic amines) is 1. The zero-order valence-corrected chi connectivity index (χ0v) is 13.5. The predicted molar refractivity (Wildman–Crippen MR) is 85.5 cm³/mol. The van der Waals surface area contributed by atoms with Gasteiger partial charge in [-0.2, -0.15) is 5.10 Å². The standard InChI is InChI=1S/C17H25N3O3/c21-16-7-14-3-1-2-4-15(14)18-20(16)10-13-8-19(9-13)11-17(22)5-6-23-12-17/h7,13,22H,1-6,8-12H2. The summed E-state index contributed by atoms with van der Waals surface area (Å²) < 4.78 is 6.94. The zero-order chi connectivity index (χ0) is 15.9. The van der Waals surface area contributed by atoms with E-state index in [1.54, 1.807) is 10.7 Å². The maximum atomic E-state index is 12.2. The van der Waals surface area contributed by atoms with Crippen LogP contribution >= 0.6 is 0 Å². The van der Waals surface area contributed by atoms with E-state index < -0.39 is 5.60 Å². The van der Waals surface area contributed by atoms with Gasteiger partial charge in [-0.25, -0.2) is 4.68 Å². The van der Waals surface area contributed by atoms with Crippen molar-refractivity contribution in [3.8, 4) is 0 Å². The Hall–Kier alpha value is -1.24. The molecule has 0 saturated carbocycles. The van der Waals surface area contributed by atoms with E-state index in [4.69, 9.17) is 4.74 Å². The van der Waals surface area contributed by atoms with Gasteiger partial charge < -0.3 is 9.84 Å². The number of nitrogens with zero attached hydrogens (tertiary/aromatic N) is 3. The maximum Gasteiger partial charge on any atom is 0.267 e. The van der Waals surface area contributed by atoms with Gasteiger partial charge in [0.2, 0.25) is 0 Å². The van der Waals surface area contributed by atoms with Gasteiger partial charge in [0.05, 0.1) is 18.8 Å². The Balaban J connectivity index is 1.34. The van der Waals surface area contributed by atoms with Crippen molar-refractivity contribution < 1.29 is 9.84 Å². The summed E-state index contributed by atoms with van der Waals surface area (Å²) in [6.07, 6.45) is 5.06. The molecular formula is C17H25N3O3. The summed E-state index contributed by atoms with van der Waals surface area (Å²) in [5, 5.41) is 14.9. The fraction of sp³-hybridized carbons (Fsp3) is 0.765. The summed E-state index contributed by atoms with van der Waals surface area (Å²) in [5.74, 6) is 0.452. The predicted octanol–water partition coefficient (Wildman–Crippen LogP) is 0.205. The van der Waals surface area contributed by atoms with Crippen molar-refractivity contribution in [2.75, 3.05) is 32.8 Å². The van der Waals surface area contributed by atoms with Crippen LogP contribution in [0.1, 0.15) is 30.5 Å². The molecule has 0 radical (unpaired) electrons. The number of hydrogen-bond acceptors (Lipinski definition) is 5. The molecule has 23 heavy (non-hydrogen) atoms. The highest BCUT2D eigenvalue weighted by molar-refractivity contribution is 5.20. The Kier molecular flexibility index (Phi) is 3.99. The zero-order valence-electron chi connectivity index (χ0n) is 13.5. The highest BCUT2D eigenvalue weighted by Gasteiger charge is 2.38. The molecule has 0 spiro atoms. The molecule has 2 saturated heterocycles. The van der Waals surface area contributed by atoms with Crippen molar-refractivity contribution in [1.29, 1.82) is 0 Å². The van der Waals surface area contributed by atoms with E-state index >= 15 is 0 Å². The fourth-order valence-corrected chi connectivity index (χ4v) is 4.04. The second-order valence-corrected chi connectivity index (χ2v) is 7.43. The molecule has 1 N–H and O–H groups in total. The number of fused-ring (bicyclic) bond motifs is 1. The molecular weight excluding hydrogens is 294 g/mol. The molecule has 126 valence electrons. The molecule has 6 heteroatoms. The first-order valence-corrected chi connectivity index (χ1v) is 8.74. The minimum Gasteiger partial charge on any atom is -0.386 e. The molecule has 2 fully saturated rings. The second kappa shape index (κ2) is 6.00. The molecule has 0 aromatic carbocycles. The molecule has 0 amide bonds. The third-order valence-electron chi connectivity index (χ3n) is 5.34. The minimum atomic E-state index is -0.675. The lowest BCUT2D eigenvalue weighted by Gasteiger charge is -2.42. The van der Waals surface area contributed by atoms with Crippen LogP contribution in [-0.2, 0) is 24.1 Å². The van der Waals surface area contributed by atoms with Gasteiger partial charge in [-0.05, 0) is 31.2 Å². The maximum absolute atomic E-state index is 12.2. The van der Waals surface area contributed by atoms with Crippen molar-refractivity contribution in [2.45, 2.75) is 44.2 Å². The molecule has 4 rings (SSSR count). The van der Waals surface area contributed by atoms with E-state index in [0.717, 1.165) is 43.6 Å². The van der Waals surface area contributed by atoms with Gasteiger partial charge in [0.25, 0.3) is 5.56 Å². The Labute approximate surface area is 136 Å². The smallest absolute Gasteiger partial charge is 0.267 e. The monoisotopic (exact) mass is 319 g/mol. The summed E-state index contributed by atoms with van der Waals surface area (Å²) in [4.78, 5) is 14.5. The van der Waals surface area contributed by atoms with Gasteiger partial charge in [0.15, 0.2) is 0 Å². The normalized spacial score (nSPS) is 28.6. The topological polar surface area (TPSA) is 67.6 Å². The third kappa shape index (κ3) is 3.20. The number of rotatable bonds is 4. The van der Waals surface area contributed by atoms with E-state index in [1.165, 1.54) is 12.8 Å². The van der Waals surface area contributed by atoms with Crippen LogP contribution in [0.3, 0.4) is 0 Å². The Bertz CT molecular complexity index is 630. The van der Waals surface area contributed by atoms with Gasteiger partial charge in [0, 0.05) is 44.6 Å². The van der Waals surface area contributed by atoms with Crippen LogP contribution in [0.5, 0.6) is 0 Å². The molecule has 3 heterocycles. The summed E-state index contributed by atoms with van der Waals surface area (Å²) in [5.41, 5.74) is 1.62. The Morgan fingerprint density at radius 1 is 1.35 bits per heavy atom. The molecule has 1 aromatic rings. The number of aromatic nitrogens is 2. The van der Waals surface area contributed by atoms with Gasteiger partial charge in [-0.15, -0.1) is 0 Å². The van der Waals surface area contributed by atoms with Crippen molar-refractivity contribution in [2.24, 2.45) is 5.92 Å². The van der Waals surface area contributed by atoms with Crippen LogP contribution in [0.25, 0.3) is 0 Å². The second-order valence-electron chi connectivity index (χ2n) is 7.43. The van der Waals surface area contributed by atoms with E-state index in [-0.39, 0.29) is 5.56 Å². The first-order valence-electron chi connectivity index (χ1n) is 8.74. The van der Waals surface area contributed by atoms with Gasteiger partial charge in [-0.1, -0.05) is 0 Å². The highest BCUT2D eigenvalue weighted by atomic mass is 16.5. The number of aliphatic hydroxyl groups is 1. The van der Waals surface area contributed by atoms with Crippen molar-refractivity contribution in [1.82, 2.24) is 14.7 Å². The lowest BCUT2D eigenvalue weighted by Crippen LogP contribution is -2.55. The molecule has 1 atom stereocenters. The lowest BCUT2D eigenvalue weighted by atomic mass is 9.95. The summed E-state index contributed by atoms with van der Waals surface area (Å²) >= 11 is 0. The Morgan fingerprint density at radius 2 is 2.17 bits per heavy atom. The van der Waals surface area contributed by atoms with Crippen LogP contribution in [-0.4, -0.2) is 58.2 Å². The highest BCUT2D eigenvalue weighted by Crippen LogP contribution is 2.25. The summed E-state index contributed by atoms with van der Waals surface area (Å²) in [7, 11) is 0. The van der Waals surface area contributed by atoms with Crippen LogP contribution in [0.4, 0.5) is 0 Å². The van der Waals surface area contributed by atoms with Crippen LogP contribution in [0.15, 0.2) is 10.9 Å². The first kappa shape index (κ1) is 15.3. The van der Waals surface area contributed by atoms with Gasteiger partial charge in [-0.3, -0.25) is 9.69 Å². The molecule has 1 aromatic heterocycles. The van der Waals surface area contributed by atoms with E-state index in [0.29, 0.717) is 32.2 Å². The quantitative estimate of drug-likeness (QED) is 0.859.